The smallest absolute Gasteiger partial charge is 0.214 e. The standard InChI is InChI=1S/C11H19N3O2S/c1-4-17(15,16)13-6-5-10-11(7-13)14(8-12-10)9(2)3/h8-9H,4-7H2,1-3H3. The topological polar surface area (TPSA) is 55.2 Å². The van der Waals surface area contributed by atoms with Crippen molar-refractivity contribution < 1.29 is 8.42 Å². The van der Waals surface area contributed by atoms with Gasteiger partial charge in [-0.05, 0) is 20.8 Å². The molecule has 0 saturated heterocycles. The third-order valence-electron chi connectivity index (χ3n) is 3.22. The zero-order valence-corrected chi connectivity index (χ0v) is 11.4. The van der Waals surface area contributed by atoms with Gasteiger partial charge < -0.3 is 4.57 Å². The SMILES string of the molecule is CCS(=O)(=O)N1CCc2ncn(C(C)C)c2C1. The number of nitrogens with zero attached hydrogens (tertiary/aromatic N) is 3. The van der Waals surface area contributed by atoms with Crippen molar-refractivity contribution in [3.05, 3.63) is 17.7 Å². The summed E-state index contributed by atoms with van der Waals surface area (Å²) in [5.41, 5.74) is 2.09. The summed E-state index contributed by atoms with van der Waals surface area (Å²) >= 11 is 0. The van der Waals surface area contributed by atoms with Crippen molar-refractivity contribution in [2.45, 2.75) is 39.8 Å². The molecule has 0 aromatic carbocycles. The van der Waals surface area contributed by atoms with Crippen LogP contribution >= 0.6 is 0 Å². The maximum absolute atomic E-state index is 11.9. The quantitative estimate of drug-likeness (QED) is 0.817. The van der Waals surface area contributed by atoms with E-state index in [1.165, 1.54) is 0 Å². The minimum absolute atomic E-state index is 0.165. The van der Waals surface area contributed by atoms with Gasteiger partial charge in [0.1, 0.15) is 0 Å². The van der Waals surface area contributed by atoms with E-state index in [4.69, 9.17) is 0 Å². The van der Waals surface area contributed by atoms with Gasteiger partial charge in [-0.15, -0.1) is 0 Å². The van der Waals surface area contributed by atoms with Crippen molar-refractivity contribution in [2.75, 3.05) is 12.3 Å². The molecule has 2 rings (SSSR count). The fourth-order valence-electron chi connectivity index (χ4n) is 2.15. The Kier molecular flexibility index (Phi) is 3.27. The number of rotatable bonds is 3. The Hall–Kier alpha value is -0.880. The molecular weight excluding hydrogens is 238 g/mol. The molecule has 1 aromatic heterocycles. The van der Waals surface area contributed by atoms with Gasteiger partial charge in [-0.3, -0.25) is 0 Å². The fourth-order valence-corrected chi connectivity index (χ4v) is 3.20. The van der Waals surface area contributed by atoms with Crippen LogP contribution in [0.1, 0.15) is 38.2 Å². The van der Waals surface area contributed by atoms with E-state index < -0.39 is 10.0 Å². The summed E-state index contributed by atoms with van der Waals surface area (Å²) in [5, 5.41) is 0. The van der Waals surface area contributed by atoms with E-state index in [1.807, 2.05) is 6.33 Å². The summed E-state index contributed by atoms with van der Waals surface area (Å²) in [4.78, 5) is 4.36. The lowest BCUT2D eigenvalue weighted by molar-refractivity contribution is 0.372. The average molecular weight is 257 g/mol. The molecule has 5 nitrogen and oxygen atoms in total. The molecule has 6 heteroatoms. The Morgan fingerprint density at radius 1 is 1.47 bits per heavy atom. The molecule has 0 aliphatic carbocycles. The second kappa shape index (κ2) is 4.42. The fraction of sp³-hybridized carbons (Fsp3) is 0.727. The van der Waals surface area contributed by atoms with E-state index in [2.05, 4.69) is 23.4 Å². The first-order chi connectivity index (χ1) is 7.95. The van der Waals surface area contributed by atoms with Crippen molar-refractivity contribution in [2.24, 2.45) is 0 Å². The van der Waals surface area contributed by atoms with E-state index in [9.17, 15) is 8.42 Å². The van der Waals surface area contributed by atoms with Gasteiger partial charge in [0.15, 0.2) is 0 Å². The first-order valence-corrected chi connectivity index (χ1v) is 7.59. The maximum atomic E-state index is 11.9. The number of hydrogen-bond acceptors (Lipinski definition) is 3. The third kappa shape index (κ3) is 2.24. The molecule has 0 unspecified atom stereocenters. The van der Waals surface area contributed by atoms with Gasteiger partial charge in [0, 0.05) is 19.0 Å². The van der Waals surface area contributed by atoms with Crippen LogP contribution in [0.25, 0.3) is 0 Å². The molecular formula is C11H19N3O2S. The molecule has 96 valence electrons. The number of hydrogen-bond donors (Lipinski definition) is 0. The lowest BCUT2D eigenvalue weighted by Gasteiger charge is -2.27. The summed E-state index contributed by atoms with van der Waals surface area (Å²) in [6.07, 6.45) is 2.53. The van der Waals surface area contributed by atoms with Crippen molar-refractivity contribution in [1.82, 2.24) is 13.9 Å². The highest BCUT2D eigenvalue weighted by molar-refractivity contribution is 7.89. The molecule has 0 spiro atoms. The Balaban J connectivity index is 2.32. The minimum atomic E-state index is -3.09. The lowest BCUT2D eigenvalue weighted by Crippen LogP contribution is -2.37. The van der Waals surface area contributed by atoms with Crippen LogP contribution in [-0.4, -0.2) is 34.6 Å². The Morgan fingerprint density at radius 2 is 2.18 bits per heavy atom. The average Bonchev–Trinajstić information content (AvgIpc) is 2.71. The van der Waals surface area contributed by atoms with Crippen LogP contribution in [0.2, 0.25) is 0 Å². The Labute approximate surface area is 103 Å². The van der Waals surface area contributed by atoms with Crippen LogP contribution in [0, 0.1) is 0 Å². The highest BCUT2D eigenvalue weighted by Crippen LogP contribution is 2.22. The molecule has 0 amide bonds. The van der Waals surface area contributed by atoms with E-state index >= 15 is 0 Å². The largest absolute Gasteiger partial charge is 0.331 e. The molecule has 1 aliphatic heterocycles. The normalized spacial score (nSPS) is 17.4. The zero-order valence-electron chi connectivity index (χ0n) is 10.5. The molecule has 0 N–H and O–H groups in total. The Bertz CT molecular complexity index is 505. The van der Waals surface area contributed by atoms with Gasteiger partial charge in [-0.1, -0.05) is 0 Å². The van der Waals surface area contributed by atoms with Gasteiger partial charge in [-0.25, -0.2) is 13.4 Å². The molecule has 2 heterocycles. The van der Waals surface area contributed by atoms with Crippen molar-refractivity contribution in [3.8, 4) is 0 Å². The number of aromatic nitrogens is 2. The van der Waals surface area contributed by atoms with Crippen LogP contribution < -0.4 is 0 Å². The number of imidazole rings is 1. The van der Waals surface area contributed by atoms with E-state index in [1.54, 1.807) is 11.2 Å². The number of fused-ring (bicyclic) bond motifs is 1. The second-order valence-electron chi connectivity index (χ2n) is 4.62. The van der Waals surface area contributed by atoms with Gasteiger partial charge in [-0.2, -0.15) is 4.31 Å². The summed E-state index contributed by atoms with van der Waals surface area (Å²) in [5.74, 6) is 0.165. The molecule has 0 bridgehead atoms. The van der Waals surface area contributed by atoms with Crippen molar-refractivity contribution in [3.63, 3.8) is 0 Å². The highest BCUT2D eigenvalue weighted by Gasteiger charge is 2.28. The first kappa shape index (κ1) is 12.6. The number of sulfonamides is 1. The summed E-state index contributed by atoms with van der Waals surface area (Å²) in [7, 11) is -3.09. The molecule has 1 aromatic rings. The van der Waals surface area contributed by atoms with Crippen LogP contribution in [0.4, 0.5) is 0 Å². The van der Waals surface area contributed by atoms with E-state index in [0.717, 1.165) is 11.4 Å². The van der Waals surface area contributed by atoms with Crippen molar-refractivity contribution >= 4 is 10.0 Å². The Morgan fingerprint density at radius 3 is 2.76 bits per heavy atom. The molecule has 0 atom stereocenters. The van der Waals surface area contributed by atoms with Gasteiger partial charge in [0.05, 0.1) is 30.0 Å². The predicted molar refractivity (Wildman–Crippen MR) is 66.2 cm³/mol. The lowest BCUT2D eigenvalue weighted by atomic mass is 10.2. The zero-order chi connectivity index (χ0) is 12.6. The summed E-state index contributed by atoms with van der Waals surface area (Å²) in [6.45, 7) is 6.86. The van der Waals surface area contributed by atoms with E-state index in [0.29, 0.717) is 25.6 Å². The predicted octanol–water partition coefficient (Wildman–Crippen LogP) is 1.17. The molecule has 0 saturated carbocycles. The monoisotopic (exact) mass is 257 g/mol. The molecule has 0 radical (unpaired) electrons. The van der Waals surface area contributed by atoms with Crippen molar-refractivity contribution in [1.29, 1.82) is 0 Å². The van der Waals surface area contributed by atoms with Crippen LogP contribution in [0.3, 0.4) is 0 Å². The van der Waals surface area contributed by atoms with E-state index in [-0.39, 0.29) is 5.75 Å². The molecule has 17 heavy (non-hydrogen) atoms. The minimum Gasteiger partial charge on any atom is -0.331 e. The second-order valence-corrected chi connectivity index (χ2v) is 6.88. The molecule has 1 aliphatic rings. The third-order valence-corrected chi connectivity index (χ3v) is 5.05. The molecule has 0 fully saturated rings. The highest BCUT2D eigenvalue weighted by atomic mass is 32.2. The first-order valence-electron chi connectivity index (χ1n) is 5.98. The maximum Gasteiger partial charge on any atom is 0.214 e. The van der Waals surface area contributed by atoms with Gasteiger partial charge >= 0.3 is 0 Å². The van der Waals surface area contributed by atoms with Crippen LogP contribution in [0.15, 0.2) is 6.33 Å². The summed E-state index contributed by atoms with van der Waals surface area (Å²) in [6, 6.07) is 0.315. The summed E-state index contributed by atoms with van der Waals surface area (Å²) < 4.78 is 27.4. The van der Waals surface area contributed by atoms with Crippen LogP contribution in [0.5, 0.6) is 0 Å². The van der Waals surface area contributed by atoms with Gasteiger partial charge in [0.2, 0.25) is 10.0 Å². The van der Waals surface area contributed by atoms with Crippen LogP contribution in [-0.2, 0) is 23.0 Å². The van der Waals surface area contributed by atoms with Gasteiger partial charge in [0.25, 0.3) is 0 Å².